The molecule has 4 rings (SSSR count). The van der Waals surface area contributed by atoms with E-state index in [2.05, 4.69) is 124 Å². The third-order valence-electron chi connectivity index (χ3n) is 6.82. The van der Waals surface area contributed by atoms with Gasteiger partial charge in [0.25, 0.3) is 0 Å². The number of rotatable bonds is 8. The van der Waals surface area contributed by atoms with Crippen LogP contribution < -0.4 is 33.9 Å². The molecule has 0 atom stereocenters. The second kappa shape index (κ2) is 16.8. The third kappa shape index (κ3) is 9.56. The van der Waals surface area contributed by atoms with Crippen LogP contribution in [0.5, 0.6) is 0 Å². The molecule has 4 nitrogen and oxygen atoms in total. The van der Waals surface area contributed by atoms with Gasteiger partial charge in [-0.15, -0.1) is 0 Å². The monoisotopic (exact) mass is 568 g/mol. The van der Waals surface area contributed by atoms with Crippen molar-refractivity contribution in [3.63, 3.8) is 0 Å². The highest BCUT2D eigenvalue weighted by molar-refractivity contribution is 5.43. The van der Waals surface area contributed by atoms with Crippen LogP contribution >= 0.6 is 0 Å². The van der Waals surface area contributed by atoms with E-state index in [1.54, 1.807) is 6.20 Å². The number of aromatic nitrogens is 4. The van der Waals surface area contributed by atoms with Crippen molar-refractivity contribution < 1.29 is 33.9 Å². The predicted molar refractivity (Wildman–Crippen MR) is 158 cm³/mol. The molecule has 0 amide bonds. The number of hydrogen-bond acceptors (Lipinski definition) is 0. The molecule has 4 aromatic rings. The van der Waals surface area contributed by atoms with E-state index in [1.807, 2.05) is 17.0 Å². The highest BCUT2D eigenvalue weighted by Gasteiger charge is 2.11. The number of aryl methyl sites for hydroxylation is 6. The number of imidazole rings is 2. The Balaban J connectivity index is 0.000000688. The van der Waals surface area contributed by atoms with Crippen molar-refractivity contribution in [2.75, 3.05) is 0 Å². The SMILES string of the molecule is C.C=Cc1c[n+](Cc2ccc(C)c(C)c2)cn1C=C.CCc1c[n+](Cc2ccc(C)c(C)c2)cn1CC.[Cl-].[Cl-]. The van der Waals surface area contributed by atoms with Crippen LogP contribution in [-0.2, 0) is 26.1 Å². The predicted octanol–water partition coefficient (Wildman–Crippen LogP) is 0.851. The fraction of sp³-hybridized carbons (Fsp3) is 0.333. The summed E-state index contributed by atoms with van der Waals surface area (Å²) in [7, 11) is 0. The lowest BCUT2D eigenvalue weighted by Crippen LogP contribution is -3.00. The van der Waals surface area contributed by atoms with Crippen molar-refractivity contribution in [3.8, 4) is 0 Å². The fourth-order valence-corrected chi connectivity index (χ4v) is 4.34. The zero-order valence-corrected chi connectivity index (χ0v) is 25.2. The van der Waals surface area contributed by atoms with Crippen LogP contribution in [-0.4, -0.2) is 9.13 Å². The minimum absolute atomic E-state index is 0. The molecule has 0 radical (unpaired) electrons. The molecule has 0 bridgehead atoms. The smallest absolute Gasteiger partial charge is 0.249 e. The van der Waals surface area contributed by atoms with E-state index < -0.39 is 0 Å². The maximum atomic E-state index is 3.80. The van der Waals surface area contributed by atoms with Gasteiger partial charge in [-0.1, -0.05) is 63.9 Å². The largest absolute Gasteiger partial charge is 1.00 e. The number of halogens is 2. The van der Waals surface area contributed by atoms with Gasteiger partial charge in [0, 0.05) is 6.42 Å². The summed E-state index contributed by atoms with van der Waals surface area (Å²) in [5.41, 5.74) is 10.5. The number of hydrogen-bond donors (Lipinski definition) is 0. The van der Waals surface area contributed by atoms with E-state index in [-0.39, 0.29) is 32.2 Å². The van der Waals surface area contributed by atoms with Crippen LogP contribution in [0.1, 0.15) is 66.0 Å². The van der Waals surface area contributed by atoms with Gasteiger partial charge in [-0.25, -0.2) is 18.3 Å². The van der Waals surface area contributed by atoms with E-state index in [0.717, 1.165) is 31.7 Å². The Bertz CT molecular complexity index is 1300. The second-order valence-corrected chi connectivity index (χ2v) is 9.52. The fourth-order valence-electron chi connectivity index (χ4n) is 4.34. The molecule has 0 unspecified atom stereocenters. The molecule has 39 heavy (non-hydrogen) atoms. The summed E-state index contributed by atoms with van der Waals surface area (Å²) in [6.45, 7) is 23.5. The molecular formula is C33H46Cl2N4. The normalized spacial score (nSPS) is 9.79. The Hall–Kier alpha value is -3.08. The first kappa shape index (κ1) is 35.9. The van der Waals surface area contributed by atoms with E-state index in [9.17, 15) is 0 Å². The molecule has 6 heteroatoms. The molecule has 0 aliphatic rings. The van der Waals surface area contributed by atoms with Gasteiger partial charge in [0.1, 0.15) is 31.2 Å². The summed E-state index contributed by atoms with van der Waals surface area (Å²) in [5, 5.41) is 0. The molecule has 2 aromatic carbocycles. The molecule has 0 N–H and O–H groups in total. The van der Waals surface area contributed by atoms with Crippen molar-refractivity contribution in [2.24, 2.45) is 0 Å². The average Bonchev–Trinajstić information content (AvgIpc) is 3.46. The van der Waals surface area contributed by atoms with Crippen molar-refractivity contribution in [2.45, 2.75) is 75.0 Å². The Morgan fingerprint density at radius 1 is 0.744 bits per heavy atom. The highest BCUT2D eigenvalue weighted by Crippen LogP contribution is 2.11. The molecule has 0 spiro atoms. The van der Waals surface area contributed by atoms with Crippen LogP contribution in [0.25, 0.3) is 12.3 Å². The highest BCUT2D eigenvalue weighted by atomic mass is 35.5. The van der Waals surface area contributed by atoms with E-state index in [0.29, 0.717) is 0 Å². The van der Waals surface area contributed by atoms with Gasteiger partial charge in [0.2, 0.25) is 12.7 Å². The lowest BCUT2D eigenvalue weighted by molar-refractivity contribution is -0.688. The van der Waals surface area contributed by atoms with E-state index in [1.165, 1.54) is 39.1 Å². The van der Waals surface area contributed by atoms with Crippen LogP contribution in [0, 0.1) is 27.7 Å². The number of nitrogens with zero attached hydrogens (tertiary/aromatic N) is 4. The van der Waals surface area contributed by atoms with Gasteiger partial charge < -0.3 is 24.8 Å². The first-order chi connectivity index (χ1) is 17.3. The topological polar surface area (TPSA) is 17.6 Å². The van der Waals surface area contributed by atoms with Gasteiger partial charge in [0.05, 0.1) is 12.7 Å². The van der Waals surface area contributed by atoms with Crippen LogP contribution in [0.15, 0.2) is 74.6 Å². The van der Waals surface area contributed by atoms with Crippen LogP contribution in [0.3, 0.4) is 0 Å². The maximum Gasteiger partial charge on any atom is 0.249 e. The van der Waals surface area contributed by atoms with Crippen molar-refractivity contribution in [3.05, 3.63) is 119 Å². The summed E-state index contributed by atoms with van der Waals surface area (Å²) in [6.07, 6.45) is 13.3. The third-order valence-corrected chi connectivity index (χ3v) is 6.82. The maximum absolute atomic E-state index is 3.80. The van der Waals surface area contributed by atoms with Crippen LogP contribution in [0.4, 0.5) is 0 Å². The molecule has 2 aromatic heterocycles. The van der Waals surface area contributed by atoms with Gasteiger partial charge in [0.15, 0.2) is 5.69 Å². The number of benzene rings is 2. The van der Waals surface area contributed by atoms with E-state index in [4.69, 9.17) is 0 Å². The zero-order valence-electron chi connectivity index (χ0n) is 23.7. The minimum Gasteiger partial charge on any atom is -1.00 e. The van der Waals surface area contributed by atoms with Gasteiger partial charge in [-0.05, 0) is 74.1 Å². The van der Waals surface area contributed by atoms with Gasteiger partial charge >= 0.3 is 0 Å². The molecule has 0 saturated carbocycles. The first-order valence-electron chi connectivity index (χ1n) is 12.8. The Kier molecular flexibility index (Phi) is 15.5. The second-order valence-electron chi connectivity index (χ2n) is 9.52. The molecule has 0 aliphatic heterocycles. The Morgan fingerprint density at radius 2 is 1.26 bits per heavy atom. The Morgan fingerprint density at radius 3 is 1.62 bits per heavy atom. The summed E-state index contributed by atoms with van der Waals surface area (Å²) < 4.78 is 8.71. The molecule has 0 fully saturated rings. The lowest BCUT2D eigenvalue weighted by Gasteiger charge is -2.02. The van der Waals surface area contributed by atoms with Crippen molar-refractivity contribution >= 4 is 12.3 Å². The lowest BCUT2D eigenvalue weighted by atomic mass is 10.1. The van der Waals surface area contributed by atoms with E-state index >= 15 is 0 Å². The molecule has 0 aliphatic carbocycles. The molecule has 2 heterocycles. The van der Waals surface area contributed by atoms with Gasteiger partial charge in [-0.2, -0.15) is 0 Å². The zero-order chi connectivity index (χ0) is 26.2. The molecule has 212 valence electrons. The summed E-state index contributed by atoms with van der Waals surface area (Å²) in [5.74, 6) is 0. The summed E-state index contributed by atoms with van der Waals surface area (Å²) >= 11 is 0. The minimum atomic E-state index is 0. The van der Waals surface area contributed by atoms with Gasteiger partial charge in [-0.3, -0.25) is 0 Å². The Labute approximate surface area is 249 Å². The quantitative estimate of drug-likeness (QED) is 0.280. The van der Waals surface area contributed by atoms with Crippen LogP contribution in [0.2, 0.25) is 0 Å². The van der Waals surface area contributed by atoms with Crippen molar-refractivity contribution in [1.82, 2.24) is 9.13 Å². The molecular weight excluding hydrogens is 523 g/mol. The first-order valence-corrected chi connectivity index (χ1v) is 12.8. The molecule has 0 saturated heterocycles. The van der Waals surface area contributed by atoms with Crippen molar-refractivity contribution in [1.29, 1.82) is 0 Å². The standard InChI is InChI=1S/C16H23N2.C16H19N2.CH4.2ClH/c2*1-5-16-11-17(12-18(16)6-2)10-15-8-7-13(3)14(4)9-15;;;/h7-9,11-12H,5-6,10H2,1-4H3;5-9,11-12H,1-2,10H2,3-4H3;1H4;2*1H/q2*+1;;;/p-2. The average molecular weight is 570 g/mol. The summed E-state index contributed by atoms with van der Waals surface area (Å²) in [6, 6.07) is 13.3. The summed E-state index contributed by atoms with van der Waals surface area (Å²) in [4.78, 5) is 0.